The molecule has 2 nitrogen and oxygen atoms in total. The SMILES string of the molecule is C=C[C@H]1C[C@@H](/C=C/C[Si](C)(C)C)[C@@H](CO[Si](C)(C)C(C)(C)C)[C@H]1CO[Si](C)(C)C(C)(C)C. The molecule has 0 aromatic rings. The summed E-state index contributed by atoms with van der Waals surface area (Å²) in [6.07, 6.45) is 8.39. The predicted molar refractivity (Wildman–Crippen MR) is 152 cm³/mol. The minimum atomic E-state index is -1.79. The molecular weight excluding hydrogens is 441 g/mol. The Morgan fingerprint density at radius 3 is 1.50 bits per heavy atom. The summed E-state index contributed by atoms with van der Waals surface area (Å²) in [5.74, 6) is 2.07. The van der Waals surface area contributed by atoms with E-state index >= 15 is 0 Å². The quantitative estimate of drug-likeness (QED) is 0.222. The normalized spacial score (nSPS) is 26.2. The fourth-order valence-corrected chi connectivity index (χ4v) is 6.85. The lowest BCUT2D eigenvalue weighted by atomic mass is 9.88. The first-order valence-corrected chi connectivity index (χ1v) is 22.3. The van der Waals surface area contributed by atoms with Crippen LogP contribution in [0.2, 0.25) is 61.9 Å². The van der Waals surface area contributed by atoms with Crippen molar-refractivity contribution < 1.29 is 8.85 Å². The van der Waals surface area contributed by atoms with Crippen molar-refractivity contribution in [2.45, 2.75) is 110 Å². The van der Waals surface area contributed by atoms with Crippen LogP contribution in [0.15, 0.2) is 24.8 Å². The number of hydrogen-bond acceptors (Lipinski definition) is 2. The van der Waals surface area contributed by atoms with Crippen LogP contribution in [0.5, 0.6) is 0 Å². The highest BCUT2D eigenvalue weighted by atomic mass is 28.4. The molecule has 0 amide bonds. The lowest BCUT2D eigenvalue weighted by Crippen LogP contribution is -2.45. The lowest BCUT2D eigenvalue weighted by molar-refractivity contribution is 0.124. The molecule has 0 N–H and O–H groups in total. The molecule has 0 spiro atoms. The van der Waals surface area contributed by atoms with Crippen LogP contribution in [-0.2, 0) is 8.85 Å². The van der Waals surface area contributed by atoms with Crippen molar-refractivity contribution in [2.75, 3.05) is 13.2 Å². The molecule has 32 heavy (non-hydrogen) atoms. The average molecular weight is 497 g/mol. The molecule has 5 heteroatoms. The zero-order valence-electron chi connectivity index (χ0n) is 23.9. The van der Waals surface area contributed by atoms with E-state index in [1.807, 2.05) is 0 Å². The monoisotopic (exact) mass is 496 g/mol. The van der Waals surface area contributed by atoms with Crippen molar-refractivity contribution >= 4 is 24.7 Å². The van der Waals surface area contributed by atoms with Gasteiger partial charge in [0.2, 0.25) is 0 Å². The Morgan fingerprint density at radius 1 is 0.750 bits per heavy atom. The van der Waals surface area contributed by atoms with Gasteiger partial charge in [0.15, 0.2) is 16.6 Å². The second kappa shape index (κ2) is 10.8. The zero-order chi connectivity index (χ0) is 25.2. The lowest BCUT2D eigenvalue weighted by Gasteiger charge is -2.40. The molecule has 1 fully saturated rings. The van der Waals surface area contributed by atoms with Gasteiger partial charge in [-0.3, -0.25) is 0 Å². The third kappa shape index (κ3) is 8.37. The Hall–Kier alpha value is 0.0506. The Kier molecular flexibility index (Phi) is 10.1. The third-order valence-corrected chi connectivity index (χ3v) is 19.0. The molecule has 0 heterocycles. The summed E-state index contributed by atoms with van der Waals surface area (Å²) in [7, 11) is -4.65. The molecule has 0 unspecified atom stereocenters. The van der Waals surface area contributed by atoms with Gasteiger partial charge in [0, 0.05) is 21.3 Å². The molecule has 1 aliphatic rings. The van der Waals surface area contributed by atoms with Gasteiger partial charge in [0.05, 0.1) is 0 Å². The van der Waals surface area contributed by atoms with Gasteiger partial charge in [0.25, 0.3) is 0 Å². The molecule has 1 saturated carbocycles. The molecule has 0 bridgehead atoms. The molecule has 188 valence electrons. The molecule has 0 aliphatic heterocycles. The van der Waals surface area contributed by atoms with Crippen LogP contribution in [0.25, 0.3) is 0 Å². The summed E-state index contributed by atoms with van der Waals surface area (Å²) in [6.45, 7) is 36.8. The number of hydrogen-bond donors (Lipinski definition) is 0. The van der Waals surface area contributed by atoms with E-state index in [4.69, 9.17) is 8.85 Å². The minimum Gasteiger partial charge on any atom is -0.417 e. The fraction of sp³-hybridized carbons (Fsp3) is 0.852. The highest BCUT2D eigenvalue weighted by molar-refractivity contribution is 6.76. The van der Waals surface area contributed by atoms with E-state index in [-0.39, 0.29) is 10.1 Å². The van der Waals surface area contributed by atoms with Crippen LogP contribution in [0.1, 0.15) is 48.0 Å². The van der Waals surface area contributed by atoms with Crippen molar-refractivity contribution in [3.63, 3.8) is 0 Å². The van der Waals surface area contributed by atoms with E-state index in [1.165, 1.54) is 12.5 Å². The van der Waals surface area contributed by atoms with Gasteiger partial charge in [-0.15, -0.1) is 6.58 Å². The highest BCUT2D eigenvalue weighted by Gasteiger charge is 2.45. The number of allylic oxidation sites excluding steroid dienone is 3. The summed E-state index contributed by atoms with van der Waals surface area (Å²) in [5, 5.41) is 0.471. The molecule has 1 rings (SSSR count). The van der Waals surface area contributed by atoms with Gasteiger partial charge in [-0.2, -0.15) is 0 Å². The second-order valence-electron chi connectivity index (χ2n) is 14.5. The van der Waals surface area contributed by atoms with Crippen molar-refractivity contribution in [1.29, 1.82) is 0 Å². The van der Waals surface area contributed by atoms with Crippen LogP contribution in [-0.4, -0.2) is 37.9 Å². The van der Waals surface area contributed by atoms with E-state index in [0.29, 0.717) is 23.7 Å². The first-order chi connectivity index (χ1) is 14.2. The maximum Gasteiger partial charge on any atom is 0.191 e. The Labute approximate surface area is 204 Å². The molecule has 0 saturated heterocycles. The Bertz CT molecular complexity index is 633. The van der Waals surface area contributed by atoms with E-state index < -0.39 is 24.7 Å². The van der Waals surface area contributed by atoms with E-state index in [2.05, 4.69) is 112 Å². The van der Waals surface area contributed by atoms with Gasteiger partial charge in [0.1, 0.15) is 0 Å². The van der Waals surface area contributed by atoms with Gasteiger partial charge in [-0.05, 0) is 72.4 Å². The first kappa shape index (κ1) is 30.1. The largest absolute Gasteiger partial charge is 0.417 e. The average Bonchev–Trinajstić information content (AvgIpc) is 2.92. The molecule has 0 aromatic carbocycles. The zero-order valence-corrected chi connectivity index (χ0v) is 26.9. The second-order valence-corrected chi connectivity index (χ2v) is 29.6. The summed E-state index contributed by atoms with van der Waals surface area (Å²) < 4.78 is 13.6. The Balaban J connectivity index is 3.13. The molecule has 1 aliphatic carbocycles. The number of rotatable bonds is 10. The fourth-order valence-electron chi connectivity index (χ4n) is 3.92. The summed E-state index contributed by atoms with van der Waals surface area (Å²) >= 11 is 0. The first-order valence-electron chi connectivity index (χ1n) is 12.8. The maximum atomic E-state index is 6.81. The molecule has 0 radical (unpaired) electrons. The summed E-state index contributed by atoms with van der Waals surface area (Å²) in [6, 6.07) is 1.25. The third-order valence-electron chi connectivity index (χ3n) is 8.50. The smallest absolute Gasteiger partial charge is 0.191 e. The van der Waals surface area contributed by atoms with Crippen LogP contribution in [0, 0.1) is 23.7 Å². The van der Waals surface area contributed by atoms with Crippen molar-refractivity contribution in [2.24, 2.45) is 23.7 Å². The molecule has 0 aromatic heterocycles. The summed E-state index contributed by atoms with van der Waals surface area (Å²) in [4.78, 5) is 0. The summed E-state index contributed by atoms with van der Waals surface area (Å²) in [5.41, 5.74) is 0. The van der Waals surface area contributed by atoms with Crippen LogP contribution >= 0.6 is 0 Å². The van der Waals surface area contributed by atoms with Crippen molar-refractivity contribution in [1.82, 2.24) is 0 Å². The van der Waals surface area contributed by atoms with Crippen LogP contribution in [0.4, 0.5) is 0 Å². The van der Waals surface area contributed by atoms with Crippen molar-refractivity contribution in [3.8, 4) is 0 Å². The van der Waals surface area contributed by atoms with E-state index in [0.717, 1.165) is 13.2 Å². The topological polar surface area (TPSA) is 18.5 Å². The van der Waals surface area contributed by atoms with Gasteiger partial charge >= 0.3 is 0 Å². The van der Waals surface area contributed by atoms with Gasteiger partial charge in [-0.1, -0.05) is 79.4 Å². The highest BCUT2D eigenvalue weighted by Crippen LogP contribution is 2.46. The van der Waals surface area contributed by atoms with Crippen LogP contribution < -0.4 is 0 Å². The standard InChI is InChI=1S/C27H56O2Si3/c1-15-22-19-23(17-16-18-30(8,9)10)25(21-29-32(13,14)27(5,6)7)24(22)20-28-31(11,12)26(2,3)4/h15-17,22-25H,1,18-21H2,2-14H3/b17-16+/t22-,23+,24-,25+/m0/s1. The van der Waals surface area contributed by atoms with Crippen LogP contribution in [0.3, 0.4) is 0 Å². The Morgan fingerprint density at radius 2 is 1.16 bits per heavy atom. The molecule has 4 atom stereocenters. The molecular formula is C27H56O2Si3. The van der Waals surface area contributed by atoms with Crippen molar-refractivity contribution in [3.05, 3.63) is 24.8 Å². The maximum absolute atomic E-state index is 6.81. The van der Waals surface area contributed by atoms with Gasteiger partial charge < -0.3 is 8.85 Å². The van der Waals surface area contributed by atoms with Gasteiger partial charge in [-0.25, -0.2) is 0 Å². The van der Waals surface area contributed by atoms with E-state index in [9.17, 15) is 0 Å². The predicted octanol–water partition coefficient (Wildman–Crippen LogP) is 8.98. The van der Waals surface area contributed by atoms with E-state index in [1.54, 1.807) is 0 Å². The minimum absolute atomic E-state index is 0.235.